The third-order valence-corrected chi connectivity index (χ3v) is 5.84. The highest BCUT2D eigenvalue weighted by Gasteiger charge is 2.20. The van der Waals surface area contributed by atoms with E-state index in [0.717, 1.165) is 26.3 Å². The molecule has 2 aromatic heterocycles. The van der Waals surface area contributed by atoms with E-state index in [9.17, 15) is 5.26 Å². The van der Waals surface area contributed by atoms with Crippen molar-refractivity contribution >= 4 is 50.5 Å². The average molecular weight is 427 g/mol. The Balaban J connectivity index is 2.18. The Labute approximate surface area is 156 Å². The molecule has 0 aliphatic rings. The Morgan fingerprint density at radius 3 is 2.57 bits per heavy atom. The van der Waals surface area contributed by atoms with Gasteiger partial charge in [0.05, 0.1) is 22.3 Å². The molecule has 7 heteroatoms. The lowest BCUT2D eigenvalue weighted by Gasteiger charge is -2.11. The Hall–Kier alpha value is -1.32. The van der Waals surface area contributed by atoms with E-state index in [1.54, 1.807) is 6.20 Å². The predicted molar refractivity (Wildman–Crippen MR) is 98.3 cm³/mol. The lowest BCUT2D eigenvalue weighted by Crippen LogP contribution is -2.03. The van der Waals surface area contributed by atoms with Crippen LogP contribution in [0.25, 0.3) is 11.3 Å². The largest absolute Gasteiger partial charge is 0.337 e. The fourth-order valence-electron chi connectivity index (χ4n) is 2.43. The molecule has 0 aliphatic heterocycles. The van der Waals surface area contributed by atoms with Gasteiger partial charge in [0.15, 0.2) is 4.47 Å². The van der Waals surface area contributed by atoms with Gasteiger partial charge in [0.25, 0.3) is 0 Å². The molecule has 1 aromatic carbocycles. The van der Waals surface area contributed by atoms with Crippen molar-refractivity contribution < 1.29 is 0 Å². The van der Waals surface area contributed by atoms with Gasteiger partial charge in [-0.25, -0.2) is 4.98 Å². The topological polar surface area (TPSA) is 41.6 Å². The molecule has 116 valence electrons. The maximum atomic E-state index is 9.57. The van der Waals surface area contributed by atoms with E-state index in [2.05, 4.69) is 31.6 Å². The highest BCUT2D eigenvalue weighted by Crippen LogP contribution is 2.36. The molecule has 0 saturated carbocycles. The van der Waals surface area contributed by atoms with Gasteiger partial charge >= 0.3 is 0 Å². The standard InChI is InChI=1S/C16H10BrCl2N3S/c1-9-14(17)13(6-20)15(10-2-4-11(18)5-3-10)22(9)8-12-7-21-16(19)23-12/h2-5,7H,8H2,1H3. The van der Waals surface area contributed by atoms with Crippen molar-refractivity contribution in [1.82, 2.24) is 9.55 Å². The van der Waals surface area contributed by atoms with Crippen molar-refractivity contribution in [2.24, 2.45) is 0 Å². The first-order valence-electron chi connectivity index (χ1n) is 6.66. The summed E-state index contributed by atoms with van der Waals surface area (Å²) in [7, 11) is 0. The molecule has 0 amide bonds. The Morgan fingerprint density at radius 1 is 1.30 bits per heavy atom. The van der Waals surface area contributed by atoms with Crippen LogP contribution in [0.2, 0.25) is 9.49 Å². The summed E-state index contributed by atoms with van der Waals surface area (Å²) in [5.41, 5.74) is 3.39. The van der Waals surface area contributed by atoms with Crippen LogP contribution >= 0.6 is 50.5 Å². The van der Waals surface area contributed by atoms with Gasteiger partial charge in [-0.05, 0) is 40.5 Å². The number of hydrogen-bond donors (Lipinski definition) is 0. The fraction of sp³-hybridized carbons (Fsp3) is 0.125. The second-order valence-electron chi connectivity index (χ2n) is 4.91. The summed E-state index contributed by atoms with van der Waals surface area (Å²) < 4.78 is 3.41. The number of hydrogen-bond acceptors (Lipinski definition) is 3. The number of aromatic nitrogens is 2. The monoisotopic (exact) mass is 425 g/mol. The molecule has 0 unspecified atom stereocenters. The molecule has 0 radical (unpaired) electrons. The second-order valence-corrected chi connectivity index (χ2v) is 7.83. The molecular weight excluding hydrogens is 417 g/mol. The number of benzene rings is 1. The van der Waals surface area contributed by atoms with Crippen LogP contribution in [0, 0.1) is 18.3 Å². The van der Waals surface area contributed by atoms with Gasteiger partial charge in [0.1, 0.15) is 6.07 Å². The van der Waals surface area contributed by atoms with E-state index in [0.29, 0.717) is 21.6 Å². The molecule has 3 aromatic rings. The Kier molecular flexibility index (Phi) is 4.79. The SMILES string of the molecule is Cc1c(Br)c(C#N)c(-c2ccc(Cl)cc2)n1Cc1cnc(Cl)s1. The van der Waals surface area contributed by atoms with Crippen molar-refractivity contribution in [3.8, 4) is 17.3 Å². The Bertz CT molecular complexity index is 907. The maximum Gasteiger partial charge on any atom is 0.183 e. The third kappa shape index (κ3) is 3.17. The third-order valence-electron chi connectivity index (χ3n) is 3.52. The van der Waals surface area contributed by atoms with Crippen LogP contribution in [-0.4, -0.2) is 9.55 Å². The molecule has 0 saturated heterocycles. The lowest BCUT2D eigenvalue weighted by atomic mass is 10.1. The van der Waals surface area contributed by atoms with Gasteiger partial charge in [0.2, 0.25) is 0 Å². The fourth-order valence-corrected chi connectivity index (χ4v) is 4.01. The smallest absolute Gasteiger partial charge is 0.183 e. The Morgan fingerprint density at radius 2 is 2.00 bits per heavy atom. The van der Waals surface area contributed by atoms with Crippen LogP contribution in [0.1, 0.15) is 16.1 Å². The van der Waals surface area contributed by atoms with Crippen molar-refractivity contribution in [3.63, 3.8) is 0 Å². The van der Waals surface area contributed by atoms with Gasteiger partial charge in [-0.15, -0.1) is 11.3 Å². The number of thiazole rings is 1. The normalized spacial score (nSPS) is 10.7. The molecule has 0 bridgehead atoms. The molecular formula is C16H10BrCl2N3S. The van der Waals surface area contributed by atoms with Crippen LogP contribution in [0.3, 0.4) is 0 Å². The minimum absolute atomic E-state index is 0.512. The zero-order valence-electron chi connectivity index (χ0n) is 12.0. The van der Waals surface area contributed by atoms with Crippen LogP contribution < -0.4 is 0 Å². The summed E-state index contributed by atoms with van der Waals surface area (Å²) >= 11 is 16.9. The quantitative estimate of drug-likeness (QED) is 0.522. The van der Waals surface area contributed by atoms with Crippen molar-refractivity contribution in [1.29, 1.82) is 5.26 Å². The highest BCUT2D eigenvalue weighted by molar-refractivity contribution is 9.10. The minimum Gasteiger partial charge on any atom is -0.337 e. The summed E-state index contributed by atoms with van der Waals surface area (Å²) in [4.78, 5) is 5.11. The summed E-state index contributed by atoms with van der Waals surface area (Å²) in [6.45, 7) is 2.58. The number of halogens is 3. The van der Waals surface area contributed by atoms with Crippen LogP contribution in [0.15, 0.2) is 34.9 Å². The minimum atomic E-state index is 0.512. The van der Waals surface area contributed by atoms with E-state index in [1.807, 2.05) is 31.2 Å². The van der Waals surface area contributed by atoms with Gasteiger partial charge < -0.3 is 4.57 Å². The first-order valence-corrected chi connectivity index (χ1v) is 9.02. The van der Waals surface area contributed by atoms with E-state index >= 15 is 0 Å². The lowest BCUT2D eigenvalue weighted by molar-refractivity contribution is 0.791. The summed E-state index contributed by atoms with van der Waals surface area (Å²) in [5.74, 6) is 0. The number of nitriles is 1. The van der Waals surface area contributed by atoms with Gasteiger partial charge in [-0.1, -0.05) is 35.3 Å². The van der Waals surface area contributed by atoms with E-state index < -0.39 is 0 Å². The van der Waals surface area contributed by atoms with Crippen molar-refractivity contribution in [2.75, 3.05) is 0 Å². The summed E-state index contributed by atoms with van der Waals surface area (Å²) in [5, 5.41) is 10.2. The maximum absolute atomic E-state index is 9.57. The average Bonchev–Trinajstić information content (AvgIpc) is 3.04. The summed E-state index contributed by atoms with van der Waals surface area (Å²) in [6.07, 6.45) is 1.76. The second kappa shape index (κ2) is 6.66. The van der Waals surface area contributed by atoms with E-state index in [1.165, 1.54) is 11.3 Å². The molecule has 0 atom stereocenters. The van der Waals surface area contributed by atoms with Crippen molar-refractivity contribution in [3.05, 3.63) is 60.6 Å². The first kappa shape index (κ1) is 16.5. The van der Waals surface area contributed by atoms with Crippen molar-refractivity contribution in [2.45, 2.75) is 13.5 Å². The molecule has 0 aliphatic carbocycles. The highest BCUT2D eigenvalue weighted by atomic mass is 79.9. The van der Waals surface area contributed by atoms with Crippen LogP contribution in [0.4, 0.5) is 0 Å². The molecule has 3 rings (SSSR count). The van der Waals surface area contributed by atoms with Crippen LogP contribution in [-0.2, 0) is 6.54 Å². The van der Waals surface area contributed by atoms with Gasteiger partial charge in [-0.3, -0.25) is 0 Å². The zero-order chi connectivity index (χ0) is 16.6. The molecule has 23 heavy (non-hydrogen) atoms. The zero-order valence-corrected chi connectivity index (χ0v) is 15.9. The number of rotatable bonds is 3. The molecule has 0 fully saturated rings. The molecule has 3 nitrogen and oxygen atoms in total. The first-order chi connectivity index (χ1) is 11.0. The van der Waals surface area contributed by atoms with E-state index in [4.69, 9.17) is 23.2 Å². The molecule has 0 N–H and O–H groups in total. The van der Waals surface area contributed by atoms with Gasteiger partial charge in [0, 0.05) is 21.8 Å². The molecule has 2 heterocycles. The number of nitrogens with zero attached hydrogens (tertiary/aromatic N) is 3. The van der Waals surface area contributed by atoms with E-state index in [-0.39, 0.29) is 0 Å². The van der Waals surface area contributed by atoms with Crippen LogP contribution in [0.5, 0.6) is 0 Å². The predicted octanol–water partition coefficient (Wildman–Crippen LogP) is 5.91. The van der Waals surface area contributed by atoms with Gasteiger partial charge in [-0.2, -0.15) is 5.26 Å². The summed E-state index contributed by atoms with van der Waals surface area (Å²) in [6, 6.07) is 9.77. The molecule has 0 spiro atoms.